The maximum atomic E-state index is 10.6. The maximum Gasteiger partial charge on any atom is 0.217 e. The van der Waals surface area contributed by atoms with E-state index in [4.69, 9.17) is 10.5 Å². The van der Waals surface area contributed by atoms with E-state index in [2.05, 4.69) is 13.5 Å². The Morgan fingerprint density at radius 2 is 1.15 bits per heavy atom. The van der Waals surface area contributed by atoms with Crippen molar-refractivity contribution in [3.63, 3.8) is 0 Å². The molecule has 2 N–H and O–H groups in total. The van der Waals surface area contributed by atoms with Crippen LogP contribution < -0.4 is 5.73 Å². The van der Waals surface area contributed by atoms with Crippen molar-refractivity contribution in [2.45, 2.75) is 117 Å². The minimum Gasteiger partial charge on any atom is -0.378 e. The number of nitrogens with two attached hydrogens (primary N) is 1. The van der Waals surface area contributed by atoms with Gasteiger partial charge in [-0.05, 0) is 13.3 Å². The zero-order valence-corrected chi connectivity index (χ0v) is 17.9. The third kappa shape index (κ3) is 31.0. The average molecular weight is 370 g/mol. The van der Waals surface area contributed by atoms with Gasteiger partial charge in [0.25, 0.3) is 0 Å². The van der Waals surface area contributed by atoms with Crippen LogP contribution in [0.25, 0.3) is 0 Å². The van der Waals surface area contributed by atoms with E-state index in [1.54, 1.807) is 6.08 Å². The zero-order valence-electron chi connectivity index (χ0n) is 17.9. The average Bonchev–Trinajstić information content (AvgIpc) is 2.63. The van der Waals surface area contributed by atoms with Gasteiger partial charge in [0.2, 0.25) is 5.91 Å². The third-order valence-corrected chi connectivity index (χ3v) is 4.47. The van der Waals surface area contributed by atoms with Gasteiger partial charge in [-0.3, -0.25) is 4.79 Å². The summed E-state index contributed by atoms with van der Waals surface area (Å²) >= 11 is 0. The minimum atomic E-state index is -0.153. The van der Waals surface area contributed by atoms with Crippen LogP contribution in [0.5, 0.6) is 0 Å². The van der Waals surface area contributed by atoms with Crippen molar-refractivity contribution in [2.75, 3.05) is 13.2 Å². The van der Waals surface area contributed by atoms with Gasteiger partial charge in [-0.1, -0.05) is 103 Å². The Balaban J connectivity index is 0. The molecule has 0 fully saturated rings. The summed E-state index contributed by atoms with van der Waals surface area (Å²) in [5.74, 6) is -0.153. The van der Waals surface area contributed by atoms with E-state index in [1.165, 1.54) is 89.9 Å². The molecule has 0 bridgehead atoms. The Morgan fingerprint density at radius 1 is 0.769 bits per heavy atom. The summed E-state index contributed by atoms with van der Waals surface area (Å²) in [5.41, 5.74) is 5.11. The molecule has 0 aromatic carbocycles. The van der Waals surface area contributed by atoms with Crippen LogP contribution in [-0.2, 0) is 9.53 Å². The van der Waals surface area contributed by atoms with Crippen molar-refractivity contribution in [3.05, 3.63) is 12.7 Å². The Hall–Kier alpha value is -0.830. The number of primary amides is 1. The maximum absolute atomic E-state index is 10.6. The van der Waals surface area contributed by atoms with Crippen molar-refractivity contribution >= 4 is 5.91 Å². The lowest BCUT2D eigenvalue weighted by Crippen LogP contribution is -2.09. The highest BCUT2D eigenvalue weighted by Crippen LogP contribution is 2.13. The first-order valence-corrected chi connectivity index (χ1v) is 11.2. The molecule has 0 aliphatic carbocycles. The summed E-state index contributed by atoms with van der Waals surface area (Å²) < 4.78 is 4.86. The number of hydrogen-bond donors (Lipinski definition) is 1. The molecule has 0 atom stereocenters. The summed E-state index contributed by atoms with van der Waals surface area (Å²) in [5, 5.41) is 0. The van der Waals surface area contributed by atoms with Gasteiger partial charge in [0.05, 0.1) is 6.61 Å². The van der Waals surface area contributed by atoms with Crippen LogP contribution in [0.4, 0.5) is 0 Å². The van der Waals surface area contributed by atoms with Crippen molar-refractivity contribution < 1.29 is 9.53 Å². The molecule has 0 radical (unpaired) electrons. The molecular weight excluding hydrogens is 322 g/mol. The highest BCUT2D eigenvalue weighted by atomic mass is 16.5. The molecule has 3 heteroatoms. The van der Waals surface area contributed by atoms with Crippen molar-refractivity contribution in [1.82, 2.24) is 0 Å². The number of hydrogen-bond acceptors (Lipinski definition) is 2. The van der Waals surface area contributed by atoms with E-state index in [0.29, 0.717) is 13.0 Å². The fourth-order valence-corrected chi connectivity index (χ4v) is 2.87. The smallest absolute Gasteiger partial charge is 0.217 e. The van der Waals surface area contributed by atoms with Crippen molar-refractivity contribution in [2.24, 2.45) is 5.73 Å². The van der Waals surface area contributed by atoms with Gasteiger partial charge in [0, 0.05) is 13.0 Å². The molecule has 0 spiro atoms. The van der Waals surface area contributed by atoms with Crippen LogP contribution in [-0.4, -0.2) is 19.1 Å². The number of unbranched alkanes of at least 4 members (excludes halogenated alkanes) is 14. The van der Waals surface area contributed by atoms with E-state index < -0.39 is 0 Å². The SMILES string of the molecule is C=CCOCC.CCCCCCCCCCCCCCCCCC(N)=O. The van der Waals surface area contributed by atoms with Gasteiger partial charge in [0.15, 0.2) is 0 Å². The normalized spacial score (nSPS) is 10.2. The Labute approximate surface area is 164 Å². The lowest BCUT2D eigenvalue weighted by molar-refractivity contribution is -0.118. The van der Waals surface area contributed by atoms with Gasteiger partial charge in [-0.15, -0.1) is 6.58 Å². The van der Waals surface area contributed by atoms with Crippen LogP contribution in [0.15, 0.2) is 12.7 Å². The van der Waals surface area contributed by atoms with Crippen LogP contribution in [0.3, 0.4) is 0 Å². The topological polar surface area (TPSA) is 52.3 Å². The van der Waals surface area contributed by atoms with Crippen LogP contribution >= 0.6 is 0 Å². The highest BCUT2D eigenvalue weighted by Gasteiger charge is 1.96. The highest BCUT2D eigenvalue weighted by molar-refractivity contribution is 5.73. The summed E-state index contributed by atoms with van der Waals surface area (Å²) in [6.45, 7) is 9.17. The fraction of sp³-hybridized carbons (Fsp3) is 0.870. The first-order chi connectivity index (χ1) is 12.7. The van der Waals surface area contributed by atoms with E-state index in [-0.39, 0.29) is 5.91 Å². The monoisotopic (exact) mass is 369 g/mol. The lowest BCUT2D eigenvalue weighted by Gasteiger charge is -2.03. The van der Waals surface area contributed by atoms with Crippen molar-refractivity contribution in [3.8, 4) is 0 Å². The van der Waals surface area contributed by atoms with Gasteiger partial charge < -0.3 is 10.5 Å². The molecular formula is C23H47NO2. The van der Waals surface area contributed by atoms with Gasteiger partial charge >= 0.3 is 0 Å². The van der Waals surface area contributed by atoms with Crippen LogP contribution in [0.1, 0.15) is 117 Å². The fourth-order valence-electron chi connectivity index (χ4n) is 2.87. The first-order valence-electron chi connectivity index (χ1n) is 11.2. The molecule has 0 aromatic heterocycles. The molecule has 0 aromatic rings. The predicted octanol–water partition coefficient (Wildman–Crippen LogP) is 6.94. The van der Waals surface area contributed by atoms with Crippen LogP contribution in [0.2, 0.25) is 0 Å². The molecule has 0 heterocycles. The van der Waals surface area contributed by atoms with E-state index >= 15 is 0 Å². The van der Waals surface area contributed by atoms with Gasteiger partial charge in [-0.25, -0.2) is 0 Å². The summed E-state index contributed by atoms with van der Waals surface area (Å²) in [6.07, 6.45) is 22.6. The molecule has 0 rings (SSSR count). The molecule has 3 nitrogen and oxygen atoms in total. The van der Waals surface area contributed by atoms with E-state index in [0.717, 1.165) is 13.0 Å². The summed E-state index contributed by atoms with van der Waals surface area (Å²) in [4.78, 5) is 10.6. The standard InChI is InChI=1S/C18H37NO.C5H10O/c1-2-3-4-5-6-7-8-9-10-11-12-13-14-15-16-17-18(19)20;1-3-5-6-4-2/h2-17H2,1H3,(H2,19,20);3H,1,4-5H2,2H3. The minimum absolute atomic E-state index is 0.153. The predicted molar refractivity (Wildman–Crippen MR) is 115 cm³/mol. The Bertz CT molecular complexity index is 279. The number of amides is 1. The van der Waals surface area contributed by atoms with E-state index in [9.17, 15) is 4.79 Å². The second-order valence-corrected chi connectivity index (χ2v) is 7.11. The van der Waals surface area contributed by atoms with E-state index in [1.807, 2.05) is 6.92 Å². The molecule has 156 valence electrons. The molecule has 0 aliphatic heterocycles. The number of ether oxygens (including phenoxy) is 1. The lowest BCUT2D eigenvalue weighted by atomic mass is 10.0. The summed E-state index contributed by atoms with van der Waals surface area (Å²) in [7, 11) is 0. The van der Waals surface area contributed by atoms with Crippen LogP contribution in [0, 0.1) is 0 Å². The second-order valence-electron chi connectivity index (χ2n) is 7.11. The first kappa shape index (κ1) is 27.4. The molecule has 0 saturated carbocycles. The largest absolute Gasteiger partial charge is 0.378 e. The third-order valence-electron chi connectivity index (χ3n) is 4.47. The molecule has 0 unspecified atom stereocenters. The molecule has 1 amide bonds. The van der Waals surface area contributed by atoms with Gasteiger partial charge in [-0.2, -0.15) is 0 Å². The Morgan fingerprint density at radius 3 is 1.42 bits per heavy atom. The molecule has 26 heavy (non-hydrogen) atoms. The van der Waals surface area contributed by atoms with Crippen molar-refractivity contribution in [1.29, 1.82) is 0 Å². The summed E-state index contributed by atoms with van der Waals surface area (Å²) in [6, 6.07) is 0. The molecule has 0 saturated heterocycles. The number of rotatable bonds is 19. The zero-order chi connectivity index (χ0) is 19.7. The molecule has 0 aliphatic rings. The number of carbonyl (C=O) groups is 1. The number of carbonyl (C=O) groups excluding carboxylic acids is 1. The second kappa shape index (κ2) is 26.4. The van der Waals surface area contributed by atoms with Gasteiger partial charge in [0.1, 0.15) is 0 Å². The quantitative estimate of drug-likeness (QED) is 0.198. The Kier molecular flexibility index (Phi) is 27.8.